The van der Waals surface area contributed by atoms with Crippen molar-refractivity contribution in [2.24, 2.45) is 0 Å². The van der Waals surface area contributed by atoms with Gasteiger partial charge in [-0.2, -0.15) is 5.10 Å². The molecule has 3 amide bonds. The average molecular weight is 373 g/mol. The minimum atomic E-state index is -0.417. The molecule has 1 aliphatic rings. The van der Waals surface area contributed by atoms with Crippen LogP contribution >= 0.6 is 0 Å². The Hall–Kier alpha value is -2.90. The number of likely N-dealkylation sites (N-methyl/N-ethyl adjacent to an activating group) is 1. The Kier molecular flexibility index (Phi) is 5.43. The lowest BCUT2D eigenvalue weighted by molar-refractivity contribution is -0.124. The Morgan fingerprint density at radius 2 is 1.96 bits per heavy atom. The highest BCUT2D eigenvalue weighted by atomic mass is 19.1. The second kappa shape index (κ2) is 7.77. The molecule has 0 radical (unpaired) electrons. The number of benzene rings is 1. The van der Waals surface area contributed by atoms with Crippen LogP contribution in [0.4, 0.5) is 9.18 Å². The Balaban J connectivity index is 1.72. The van der Waals surface area contributed by atoms with E-state index in [0.717, 1.165) is 29.1 Å². The molecule has 0 aliphatic carbocycles. The molecule has 1 aromatic carbocycles. The Labute approximate surface area is 157 Å². The van der Waals surface area contributed by atoms with Crippen molar-refractivity contribution in [2.45, 2.75) is 39.3 Å². The van der Waals surface area contributed by atoms with Crippen LogP contribution in [-0.2, 0) is 11.3 Å². The number of carbonyl (C=O) groups excluding carboxylic acids is 2. The number of aromatic nitrogens is 2. The Morgan fingerprint density at radius 3 is 2.63 bits per heavy atom. The number of hydrogen-bond acceptors (Lipinski definition) is 3. The van der Waals surface area contributed by atoms with Crippen molar-refractivity contribution in [1.29, 1.82) is 0 Å². The standard InChI is InChI=1S/C19H24FN5O2/c1-12-16(13(2)25(23-12)15-8-6-14(20)7-9-15)11-22-19(27)24-10-4-5-17(24)18(26)21-3/h6-9,17H,4-5,10-11H2,1-3H3,(H,21,26)(H,22,27). The molecular weight excluding hydrogens is 349 g/mol. The minimum absolute atomic E-state index is 0.140. The number of amides is 3. The largest absolute Gasteiger partial charge is 0.357 e. The van der Waals surface area contributed by atoms with Gasteiger partial charge in [-0.1, -0.05) is 0 Å². The molecule has 1 aliphatic heterocycles. The van der Waals surface area contributed by atoms with Crippen LogP contribution in [0.2, 0.25) is 0 Å². The van der Waals surface area contributed by atoms with Crippen molar-refractivity contribution in [1.82, 2.24) is 25.3 Å². The smallest absolute Gasteiger partial charge is 0.318 e. The summed E-state index contributed by atoms with van der Waals surface area (Å²) in [5, 5.41) is 10.0. The molecule has 2 N–H and O–H groups in total. The molecule has 0 bridgehead atoms. The van der Waals surface area contributed by atoms with E-state index in [1.165, 1.54) is 12.1 Å². The van der Waals surface area contributed by atoms with E-state index >= 15 is 0 Å². The SMILES string of the molecule is CNC(=O)C1CCCN1C(=O)NCc1c(C)nn(-c2ccc(F)cc2)c1C. The highest BCUT2D eigenvalue weighted by Crippen LogP contribution is 2.20. The normalized spacial score (nSPS) is 16.4. The van der Waals surface area contributed by atoms with Crippen LogP contribution in [0.15, 0.2) is 24.3 Å². The summed E-state index contributed by atoms with van der Waals surface area (Å²) >= 11 is 0. The molecule has 27 heavy (non-hydrogen) atoms. The summed E-state index contributed by atoms with van der Waals surface area (Å²) < 4.78 is 14.9. The molecule has 144 valence electrons. The highest BCUT2D eigenvalue weighted by Gasteiger charge is 2.33. The summed E-state index contributed by atoms with van der Waals surface area (Å²) in [5.41, 5.74) is 3.34. The molecule has 8 heteroatoms. The summed E-state index contributed by atoms with van der Waals surface area (Å²) in [5.74, 6) is -0.441. The van der Waals surface area contributed by atoms with Crippen molar-refractivity contribution in [3.8, 4) is 5.69 Å². The van der Waals surface area contributed by atoms with Gasteiger partial charge in [-0.05, 0) is 51.0 Å². The van der Waals surface area contributed by atoms with Gasteiger partial charge in [0.25, 0.3) is 0 Å². The lowest BCUT2D eigenvalue weighted by Crippen LogP contribution is -2.48. The van der Waals surface area contributed by atoms with Crippen molar-refractivity contribution < 1.29 is 14.0 Å². The number of urea groups is 1. The molecule has 7 nitrogen and oxygen atoms in total. The molecular formula is C19H24FN5O2. The van der Waals surface area contributed by atoms with Gasteiger partial charge in [0, 0.05) is 31.4 Å². The van der Waals surface area contributed by atoms with Crippen molar-refractivity contribution in [3.05, 3.63) is 47.0 Å². The highest BCUT2D eigenvalue weighted by molar-refractivity contribution is 5.87. The van der Waals surface area contributed by atoms with E-state index in [1.807, 2.05) is 13.8 Å². The maximum Gasteiger partial charge on any atom is 0.318 e. The number of nitrogens with zero attached hydrogens (tertiary/aromatic N) is 3. The minimum Gasteiger partial charge on any atom is -0.357 e. The molecule has 2 heterocycles. The monoisotopic (exact) mass is 373 g/mol. The first-order chi connectivity index (χ1) is 12.9. The van der Waals surface area contributed by atoms with Crippen molar-refractivity contribution >= 4 is 11.9 Å². The molecule has 1 unspecified atom stereocenters. The molecule has 1 atom stereocenters. The average Bonchev–Trinajstić information content (AvgIpc) is 3.25. The van der Waals surface area contributed by atoms with Crippen LogP contribution in [0, 0.1) is 19.7 Å². The van der Waals surface area contributed by atoms with Crippen LogP contribution in [0.1, 0.15) is 29.8 Å². The number of hydrogen-bond donors (Lipinski definition) is 2. The van der Waals surface area contributed by atoms with Gasteiger partial charge in [-0.25, -0.2) is 13.9 Å². The number of halogens is 1. The van der Waals surface area contributed by atoms with E-state index in [0.29, 0.717) is 19.5 Å². The van der Waals surface area contributed by atoms with Crippen molar-refractivity contribution in [3.63, 3.8) is 0 Å². The zero-order chi connectivity index (χ0) is 19.6. The van der Waals surface area contributed by atoms with E-state index in [4.69, 9.17) is 0 Å². The molecule has 3 rings (SSSR count). The molecule has 1 fully saturated rings. The van der Waals surface area contributed by atoms with Gasteiger partial charge in [0.05, 0.1) is 11.4 Å². The summed E-state index contributed by atoms with van der Waals surface area (Å²) in [7, 11) is 1.58. The van der Waals surface area contributed by atoms with Gasteiger partial charge in [0.15, 0.2) is 0 Å². The summed E-state index contributed by atoms with van der Waals surface area (Å²) in [4.78, 5) is 26.1. The van der Waals surface area contributed by atoms with Gasteiger partial charge >= 0.3 is 6.03 Å². The number of carbonyl (C=O) groups is 2. The van der Waals surface area contributed by atoms with Crippen LogP contribution in [0.25, 0.3) is 5.69 Å². The predicted octanol–water partition coefficient (Wildman–Crippen LogP) is 2.05. The van der Waals surface area contributed by atoms with Crippen LogP contribution < -0.4 is 10.6 Å². The number of aryl methyl sites for hydroxylation is 1. The summed E-state index contributed by atoms with van der Waals surface area (Å²) in [6, 6.07) is 5.43. The maximum atomic E-state index is 13.1. The summed E-state index contributed by atoms with van der Waals surface area (Å²) in [6.45, 7) is 4.66. The molecule has 0 saturated carbocycles. The van der Waals surface area contributed by atoms with E-state index in [9.17, 15) is 14.0 Å². The molecule has 0 spiro atoms. The first-order valence-corrected chi connectivity index (χ1v) is 8.99. The Bertz CT molecular complexity index is 847. The van der Waals surface area contributed by atoms with E-state index < -0.39 is 6.04 Å². The molecule has 2 aromatic rings. The van der Waals surface area contributed by atoms with Gasteiger partial charge in [-0.3, -0.25) is 4.79 Å². The zero-order valence-corrected chi connectivity index (χ0v) is 15.8. The number of rotatable bonds is 4. The fourth-order valence-corrected chi connectivity index (χ4v) is 3.48. The summed E-state index contributed by atoms with van der Waals surface area (Å²) in [6.07, 6.45) is 1.49. The lowest BCUT2D eigenvalue weighted by Gasteiger charge is -2.23. The van der Waals surface area contributed by atoms with Crippen LogP contribution in [-0.4, -0.2) is 46.3 Å². The van der Waals surface area contributed by atoms with Gasteiger partial charge in [-0.15, -0.1) is 0 Å². The lowest BCUT2D eigenvalue weighted by atomic mass is 10.2. The third kappa shape index (κ3) is 3.79. The third-order valence-electron chi connectivity index (χ3n) is 4.99. The Morgan fingerprint density at radius 1 is 1.26 bits per heavy atom. The zero-order valence-electron chi connectivity index (χ0n) is 15.8. The first-order valence-electron chi connectivity index (χ1n) is 8.99. The first kappa shape index (κ1) is 18.9. The second-order valence-electron chi connectivity index (χ2n) is 6.66. The fraction of sp³-hybridized carbons (Fsp3) is 0.421. The third-order valence-corrected chi connectivity index (χ3v) is 4.99. The number of likely N-dealkylation sites (tertiary alicyclic amines) is 1. The van der Waals surface area contributed by atoms with Crippen LogP contribution in [0.5, 0.6) is 0 Å². The fourth-order valence-electron chi connectivity index (χ4n) is 3.48. The second-order valence-corrected chi connectivity index (χ2v) is 6.66. The van der Waals surface area contributed by atoms with E-state index in [-0.39, 0.29) is 17.8 Å². The predicted molar refractivity (Wildman–Crippen MR) is 99.0 cm³/mol. The molecule has 1 aromatic heterocycles. The quantitative estimate of drug-likeness (QED) is 0.861. The topological polar surface area (TPSA) is 79.3 Å². The maximum absolute atomic E-state index is 13.1. The van der Waals surface area contributed by atoms with Crippen LogP contribution in [0.3, 0.4) is 0 Å². The van der Waals surface area contributed by atoms with Gasteiger partial charge in [0.2, 0.25) is 5.91 Å². The van der Waals surface area contributed by atoms with Gasteiger partial charge < -0.3 is 15.5 Å². The number of nitrogens with one attached hydrogen (secondary N) is 2. The van der Waals surface area contributed by atoms with E-state index in [1.54, 1.807) is 28.8 Å². The van der Waals surface area contributed by atoms with Crippen molar-refractivity contribution in [2.75, 3.05) is 13.6 Å². The molecule has 1 saturated heterocycles. The van der Waals surface area contributed by atoms with Gasteiger partial charge in [0.1, 0.15) is 11.9 Å². The van der Waals surface area contributed by atoms with E-state index in [2.05, 4.69) is 15.7 Å².